The number of aromatic nitrogens is 2. The molecule has 3 aromatic heterocycles. The highest BCUT2D eigenvalue weighted by molar-refractivity contribution is 7.09. The molecule has 0 aliphatic carbocycles. The zero-order valence-corrected chi connectivity index (χ0v) is 16.9. The lowest BCUT2D eigenvalue weighted by atomic mass is 9.85. The van der Waals surface area contributed by atoms with Crippen LogP contribution in [0.15, 0.2) is 40.5 Å². The van der Waals surface area contributed by atoms with Gasteiger partial charge in [0.2, 0.25) is 0 Å². The fourth-order valence-corrected chi connectivity index (χ4v) is 5.42. The van der Waals surface area contributed by atoms with Gasteiger partial charge in [0.05, 0.1) is 27.4 Å². The number of anilines is 1. The molecular formula is C20H18N4O2S2. The molecule has 5 rings (SSSR count). The van der Waals surface area contributed by atoms with Crippen LogP contribution < -0.4 is 4.90 Å². The van der Waals surface area contributed by atoms with Crippen molar-refractivity contribution in [2.24, 2.45) is 0 Å². The summed E-state index contributed by atoms with van der Waals surface area (Å²) in [6.45, 7) is 3.65. The third-order valence-electron chi connectivity index (χ3n) is 5.53. The summed E-state index contributed by atoms with van der Waals surface area (Å²) in [4.78, 5) is 38.6. The Morgan fingerprint density at radius 3 is 2.82 bits per heavy atom. The van der Waals surface area contributed by atoms with E-state index in [-0.39, 0.29) is 17.2 Å². The number of fused-ring (bicyclic) bond motifs is 2. The van der Waals surface area contributed by atoms with E-state index >= 15 is 0 Å². The SMILES string of the molecule is Cc1nc(C(=O)N2CC[C@]3(C2)CN(C(=O)c2ccsc2)c2cccnc23)cs1. The van der Waals surface area contributed by atoms with Crippen molar-refractivity contribution in [3.05, 3.63) is 62.5 Å². The Bertz CT molecular complexity index is 1060. The van der Waals surface area contributed by atoms with Gasteiger partial charge in [-0.25, -0.2) is 4.98 Å². The van der Waals surface area contributed by atoms with Crippen LogP contribution >= 0.6 is 22.7 Å². The molecule has 0 saturated carbocycles. The van der Waals surface area contributed by atoms with Gasteiger partial charge in [0.15, 0.2) is 0 Å². The summed E-state index contributed by atoms with van der Waals surface area (Å²) in [5, 5.41) is 6.49. The molecule has 2 amide bonds. The van der Waals surface area contributed by atoms with Gasteiger partial charge in [0.1, 0.15) is 5.69 Å². The predicted octanol–water partition coefficient (Wildman–Crippen LogP) is 3.35. The molecule has 2 aliphatic rings. The average Bonchev–Trinajstić information content (AvgIpc) is 3.49. The fourth-order valence-electron chi connectivity index (χ4n) is 4.20. The number of carbonyl (C=O) groups is 2. The van der Waals surface area contributed by atoms with Gasteiger partial charge in [-0.2, -0.15) is 11.3 Å². The maximum atomic E-state index is 13.1. The van der Waals surface area contributed by atoms with Crippen molar-refractivity contribution in [1.29, 1.82) is 0 Å². The van der Waals surface area contributed by atoms with Crippen LogP contribution in [-0.2, 0) is 5.41 Å². The van der Waals surface area contributed by atoms with E-state index in [1.807, 2.05) is 51.1 Å². The Hall–Kier alpha value is -2.58. The number of amides is 2. The number of hydrogen-bond donors (Lipinski definition) is 0. The lowest BCUT2D eigenvalue weighted by molar-refractivity contribution is 0.0779. The highest BCUT2D eigenvalue weighted by atomic mass is 32.1. The minimum Gasteiger partial charge on any atom is -0.336 e. The van der Waals surface area contributed by atoms with Crippen LogP contribution in [0.1, 0.15) is 38.0 Å². The molecule has 3 aromatic rings. The van der Waals surface area contributed by atoms with Gasteiger partial charge < -0.3 is 9.80 Å². The number of nitrogens with zero attached hydrogens (tertiary/aromatic N) is 4. The monoisotopic (exact) mass is 410 g/mol. The topological polar surface area (TPSA) is 66.4 Å². The van der Waals surface area contributed by atoms with E-state index in [1.54, 1.807) is 6.20 Å². The Kier molecular flexibility index (Phi) is 4.06. The zero-order valence-electron chi connectivity index (χ0n) is 15.3. The first-order valence-electron chi connectivity index (χ1n) is 9.08. The summed E-state index contributed by atoms with van der Waals surface area (Å²) in [5.41, 5.74) is 2.66. The van der Waals surface area contributed by atoms with Gasteiger partial charge in [0, 0.05) is 36.6 Å². The molecule has 5 heterocycles. The summed E-state index contributed by atoms with van der Waals surface area (Å²) in [7, 11) is 0. The summed E-state index contributed by atoms with van der Waals surface area (Å²) >= 11 is 3.00. The Balaban J connectivity index is 1.46. The van der Waals surface area contributed by atoms with Crippen LogP contribution in [0.3, 0.4) is 0 Å². The minimum absolute atomic E-state index is 0.00715. The van der Waals surface area contributed by atoms with Crippen molar-refractivity contribution in [2.45, 2.75) is 18.8 Å². The number of pyridine rings is 1. The smallest absolute Gasteiger partial charge is 0.273 e. The minimum atomic E-state index is -0.316. The van der Waals surface area contributed by atoms with Crippen LogP contribution in [0.4, 0.5) is 5.69 Å². The fraction of sp³-hybridized carbons (Fsp3) is 0.300. The van der Waals surface area contributed by atoms with Gasteiger partial charge in [0.25, 0.3) is 11.8 Å². The summed E-state index contributed by atoms with van der Waals surface area (Å²) in [6.07, 6.45) is 2.56. The Morgan fingerprint density at radius 1 is 1.18 bits per heavy atom. The quantitative estimate of drug-likeness (QED) is 0.650. The number of carbonyl (C=O) groups excluding carboxylic acids is 2. The number of hydrogen-bond acceptors (Lipinski definition) is 6. The summed E-state index contributed by atoms with van der Waals surface area (Å²) < 4.78 is 0. The molecule has 8 heteroatoms. The zero-order chi connectivity index (χ0) is 19.3. The van der Waals surface area contributed by atoms with Crippen LogP contribution in [0, 0.1) is 6.92 Å². The molecule has 0 aromatic carbocycles. The number of rotatable bonds is 2. The third kappa shape index (κ3) is 2.67. The molecule has 2 aliphatic heterocycles. The van der Waals surface area contributed by atoms with Crippen molar-refractivity contribution in [3.8, 4) is 0 Å². The van der Waals surface area contributed by atoms with Crippen molar-refractivity contribution < 1.29 is 9.59 Å². The van der Waals surface area contributed by atoms with Gasteiger partial charge in [-0.05, 0) is 36.9 Å². The van der Waals surface area contributed by atoms with Crippen LogP contribution in [0.25, 0.3) is 0 Å². The van der Waals surface area contributed by atoms with E-state index < -0.39 is 0 Å². The first-order valence-corrected chi connectivity index (χ1v) is 10.9. The maximum Gasteiger partial charge on any atom is 0.273 e. The number of likely N-dealkylation sites (tertiary alicyclic amines) is 1. The summed E-state index contributed by atoms with van der Waals surface area (Å²) in [5.74, 6) is -0.0476. The van der Waals surface area contributed by atoms with E-state index in [4.69, 9.17) is 0 Å². The van der Waals surface area contributed by atoms with Gasteiger partial charge >= 0.3 is 0 Å². The lowest BCUT2D eigenvalue weighted by Crippen LogP contribution is -2.40. The molecule has 0 radical (unpaired) electrons. The predicted molar refractivity (Wildman–Crippen MR) is 109 cm³/mol. The highest BCUT2D eigenvalue weighted by Gasteiger charge is 2.51. The van der Waals surface area contributed by atoms with Crippen LogP contribution in [0.2, 0.25) is 0 Å². The molecule has 1 atom stereocenters. The lowest BCUT2D eigenvalue weighted by Gasteiger charge is -2.24. The normalized spacial score (nSPS) is 20.8. The van der Waals surface area contributed by atoms with Crippen LogP contribution in [-0.4, -0.2) is 46.3 Å². The van der Waals surface area contributed by atoms with Crippen molar-refractivity contribution in [1.82, 2.24) is 14.9 Å². The molecule has 1 saturated heterocycles. The number of aryl methyl sites for hydroxylation is 1. The third-order valence-corrected chi connectivity index (χ3v) is 6.99. The van der Waals surface area contributed by atoms with E-state index in [1.165, 1.54) is 22.7 Å². The molecule has 1 spiro atoms. The molecule has 1 fully saturated rings. The van der Waals surface area contributed by atoms with E-state index in [0.717, 1.165) is 22.8 Å². The highest BCUT2D eigenvalue weighted by Crippen LogP contribution is 2.45. The largest absolute Gasteiger partial charge is 0.336 e. The van der Waals surface area contributed by atoms with Crippen molar-refractivity contribution in [3.63, 3.8) is 0 Å². The average molecular weight is 411 g/mol. The molecule has 28 heavy (non-hydrogen) atoms. The molecular weight excluding hydrogens is 392 g/mol. The standard InChI is InChI=1S/C20H18N4O2S2/c1-13-22-15(10-28-13)19(26)23-7-5-20(11-23)12-24(16-3-2-6-21-17(16)20)18(25)14-4-8-27-9-14/h2-4,6,8-10H,5,7,11-12H2,1H3/t20-/m0/s1. The van der Waals surface area contributed by atoms with Crippen molar-refractivity contribution in [2.75, 3.05) is 24.5 Å². The molecule has 0 N–H and O–H groups in total. The maximum absolute atomic E-state index is 13.1. The Morgan fingerprint density at radius 2 is 2.07 bits per heavy atom. The Labute approximate surface area is 170 Å². The first kappa shape index (κ1) is 17.5. The van der Waals surface area contributed by atoms with Crippen LogP contribution in [0.5, 0.6) is 0 Å². The van der Waals surface area contributed by atoms with Gasteiger partial charge in [-0.3, -0.25) is 14.6 Å². The molecule has 142 valence electrons. The van der Waals surface area contributed by atoms with E-state index in [2.05, 4.69) is 9.97 Å². The number of thiazole rings is 1. The second kappa shape index (κ2) is 6.49. The first-order chi connectivity index (χ1) is 13.6. The van der Waals surface area contributed by atoms with E-state index in [0.29, 0.717) is 30.9 Å². The van der Waals surface area contributed by atoms with Gasteiger partial charge in [-0.15, -0.1) is 11.3 Å². The van der Waals surface area contributed by atoms with Crippen molar-refractivity contribution >= 4 is 40.2 Å². The second-order valence-corrected chi connectivity index (χ2v) is 9.13. The molecule has 0 unspecified atom stereocenters. The molecule has 6 nitrogen and oxygen atoms in total. The second-order valence-electron chi connectivity index (χ2n) is 7.28. The molecule has 0 bridgehead atoms. The van der Waals surface area contributed by atoms with E-state index in [9.17, 15) is 9.59 Å². The summed E-state index contributed by atoms with van der Waals surface area (Å²) in [6, 6.07) is 5.67. The number of thiophene rings is 1. The van der Waals surface area contributed by atoms with Gasteiger partial charge in [-0.1, -0.05) is 0 Å².